The molecule has 0 aliphatic carbocycles. The number of amides is 1. The van der Waals surface area contributed by atoms with E-state index in [9.17, 15) is 18.7 Å². The lowest BCUT2D eigenvalue weighted by atomic mass is 10.1. The van der Waals surface area contributed by atoms with Crippen molar-refractivity contribution in [3.05, 3.63) is 35.9 Å². The second kappa shape index (κ2) is 9.08. The highest BCUT2D eigenvalue weighted by molar-refractivity contribution is 5.75. The maximum absolute atomic E-state index is 14.4. The van der Waals surface area contributed by atoms with Crippen LogP contribution < -0.4 is 5.32 Å². The first-order valence-electron chi connectivity index (χ1n) is 8.53. The molecule has 2 N–H and O–H groups in total. The number of carbonyl (C=O) groups is 1. The predicted octanol–water partition coefficient (Wildman–Crippen LogP) is 1.87. The van der Waals surface area contributed by atoms with Gasteiger partial charge in [-0.15, -0.1) is 0 Å². The average Bonchev–Trinajstić information content (AvgIpc) is 2.84. The lowest BCUT2D eigenvalue weighted by Gasteiger charge is -2.29. The van der Waals surface area contributed by atoms with Crippen LogP contribution in [0.1, 0.15) is 25.3 Å². The maximum Gasteiger partial charge on any atom is 0.219 e. The number of alkyl halides is 2. The van der Waals surface area contributed by atoms with E-state index in [0.29, 0.717) is 13.0 Å². The summed E-state index contributed by atoms with van der Waals surface area (Å²) in [5.41, 5.74) is 1.17. The van der Waals surface area contributed by atoms with E-state index >= 15 is 0 Å². The number of halogens is 2. The molecule has 1 aliphatic heterocycles. The Balaban J connectivity index is 1.96. The first kappa shape index (κ1) is 18.8. The Morgan fingerprint density at radius 3 is 2.62 bits per heavy atom. The molecule has 0 bridgehead atoms. The molecule has 0 unspecified atom stereocenters. The summed E-state index contributed by atoms with van der Waals surface area (Å²) in [5.74, 6) is -0.176. The zero-order valence-electron chi connectivity index (χ0n) is 14.0. The number of nitrogens with zero attached hydrogens (tertiary/aromatic N) is 1. The molecule has 2 rings (SSSR count). The van der Waals surface area contributed by atoms with Gasteiger partial charge in [0, 0.05) is 13.0 Å². The molecule has 1 aromatic rings. The fourth-order valence-electron chi connectivity index (χ4n) is 3.26. The number of aliphatic hydroxyl groups excluding tert-OH is 1. The zero-order valence-corrected chi connectivity index (χ0v) is 14.0. The molecule has 0 spiro atoms. The van der Waals surface area contributed by atoms with Crippen molar-refractivity contribution < 1.29 is 18.7 Å². The van der Waals surface area contributed by atoms with Gasteiger partial charge in [0.15, 0.2) is 0 Å². The minimum Gasteiger partial charge on any atom is -0.388 e. The van der Waals surface area contributed by atoms with E-state index in [1.807, 2.05) is 30.3 Å². The summed E-state index contributed by atoms with van der Waals surface area (Å²) in [6.07, 6.45) is -1.06. The van der Waals surface area contributed by atoms with Crippen LogP contribution in [0, 0.1) is 0 Å². The summed E-state index contributed by atoms with van der Waals surface area (Å²) in [6, 6.07) is 8.36. The van der Waals surface area contributed by atoms with Gasteiger partial charge in [-0.3, -0.25) is 9.69 Å². The van der Waals surface area contributed by atoms with Gasteiger partial charge in [0.2, 0.25) is 5.91 Å². The average molecular weight is 340 g/mol. The van der Waals surface area contributed by atoms with Crippen molar-refractivity contribution in [2.75, 3.05) is 19.8 Å². The van der Waals surface area contributed by atoms with E-state index in [-0.39, 0.29) is 12.5 Å². The second-order valence-electron chi connectivity index (χ2n) is 6.21. The third kappa shape index (κ3) is 4.51. The van der Waals surface area contributed by atoms with Crippen molar-refractivity contribution >= 4 is 5.91 Å². The Morgan fingerprint density at radius 2 is 2.00 bits per heavy atom. The summed E-state index contributed by atoms with van der Waals surface area (Å²) in [5, 5.41) is 12.6. The fraction of sp³-hybridized carbons (Fsp3) is 0.611. The quantitative estimate of drug-likeness (QED) is 0.760. The van der Waals surface area contributed by atoms with Gasteiger partial charge < -0.3 is 10.4 Å². The minimum absolute atomic E-state index is 0.0900. The summed E-state index contributed by atoms with van der Waals surface area (Å²) in [4.78, 5) is 13.1. The van der Waals surface area contributed by atoms with E-state index in [2.05, 4.69) is 5.32 Å². The standard InChI is InChI=1S/C18H26F2N2O2/c1-2-16(23)21-12-15-17(20)18(24)14(11-19)22(15)10-6-9-13-7-4-3-5-8-13/h3-5,7-8,14-15,17-18,24H,2,6,9-12H2,1H3,(H,21,23)/t14-,15-,17-,18-/m1/s1. The first-order valence-corrected chi connectivity index (χ1v) is 8.53. The summed E-state index contributed by atoms with van der Waals surface area (Å²) in [7, 11) is 0. The Kier molecular flexibility index (Phi) is 7.12. The molecule has 1 aromatic carbocycles. The Bertz CT molecular complexity index is 515. The summed E-state index contributed by atoms with van der Waals surface area (Å²) >= 11 is 0. The van der Waals surface area contributed by atoms with Gasteiger partial charge in [-0.05, 0) is 24.9 Å². The molecule has 24 heavy (non-hydrogen) atoms. The SMILES string of the molecule is CCC(=O)NC[C@@H]1[C@@H](F)[C@H](O)[C@@H](CF)N1CCCc1ccccc1. The topological polar surface area (TPSA) is 52.6 Å². The number of nitrogens with one attached hydrogen (secondary N) is 1. The highest BCUT2D eigenvalue weighted by Gasteiger charge is 2.48. The molecule has 0 radical (unpaired) electrons. The van der Waals surface area contributed by atoms with Gasteiger partial charge in [-0.1, -0.05) is 37.3 Å². The van der Waals surface area contributed by atoms with Gasteiger partial charge in [0.25, 0.3) is 0 Å². The van der Waals surface area contributed by atoms with Gasteiger partial charge in [0.1, 0.15) is 19.0 Å². The number of aliphatic hydroxyl groups is 1. The van der Waals surface area contributed by atoms with E-state index in [0.717, 1.165) is 12.8 Å². The Hall–Kier alpha value is -1.53. The molecule has 134 valence electrons. The van der Waals surface area contributed by atoms with Crippen molar-refractivity contribution in [2.24, 2.45) is 0 Å². The number of carbonyl (C=O) groups excluding carboxylic acids is 1. The van der Waals surface area contributed by atoms with Gasteiger partial charge in [-0.25, -0.2) is 8.78 Å². The van der Waals surface area contributed by atoms with Crippen LogP contribution in [0.4, 0.5) is 8.78 Å². The van der Waals surface area contributed by atoms with Crippen LogP contribution in [-0.2, 0) is 11.2 Å². The molecule has 1 amide bonds. The van der Waals surface area contributed by atoms with Crippen LogP contribution >= 0.6 is 0 Å². The highest BCUT2D eigenvalue weighted by Crippen LogP contribution is 2.28. The number of likely N-dealkylation sites (tertiary alicyclic amines) is 1. The second-order valence-corrected chi connectivity index (χ2v) is 6.21. The molecule has 1 aliphatic rings. The van der Waals surface area contributed by atoms with Crippen LogP contribution in [0.25, 0.3) is 0 Å². The molecule has 1 saturated heterocycles. The van der Waals surface area contributed by atoms with Crippen molar-refractivity contribution in [1.29, 1.82) is 0 Å². The van der Waals surface area contributed by atoms with Gasteiger partial charge in [0.05, 0.1) is 12.1 Å². The summed E-state index contributed by atoms with van der Waals surface area (Å²) in [6.45, 7) is 1.49. The number of hydrogen-bond acceptors (Lipinski definition) is 3. The number of aryl methyl sites for hydroxylation is 1. The van der Waals surface area contributed by atoms with Crippen LogP contribution in [0.15, 0.2) is 30.3 Å². The van der Waals surface area contributed by atoms with E-state index < -0.39 is 31.0 Å². The van der Waals surface area contributed by atoms with Crippen LogP contribution in [0.3, 0.4) is 0 Å². The molecule has 6 heteroatoms. The van der Waals surface area contributed by atoms with Crippen LogP contribution in [0.5, 0.6) is 0 Å². The Labute approximate surface area is 141 Å². The highest BCUT2D eigenvalue weighted by atomic mass is 19.1. The molecule has 0 saturated carbocycles. The van der Waals surface area contributed by atoms with E-state index in [1.165, 1.54) is 5.56 Å². The smallest absolute Gasteiger partial charge is 0.219 e. The molecular weight excluding hydrogens is 314 g/mol. The monoisotopic (exact) mass is 340 g/mol. The van der Waals surface area contributed by atoms with Crippen molar-refractivity contribution in [3.63, 3.8) is 0 Å². The third-order valence-corrected chi connectivity index (χ3v) is 4.65. The lowest BCUT2D eigenvalue weighted by Crippen LogP contribution is -2.46. The van der Waals surface area contributed by atoms with Crippen LogP contribution in [0.2, 0.25) is 0 Å². The molecule has 0 aromatic heterocycles. The molecular formula is C18H26F2N2O2. The number of benzene rings is 1. The van der Waals surface area contributed by atoms with Crippen LogP contribution in [-0.4, -0.2) is 60.0 Å². The van der Waals surface area contributed by atoms with E-state index in [1.54, 1.807) is 11.8 Å². The largest absolute Gasteiger partial charge is 0.388 e. The number of hydrogen-bond donors (Lipinski definition) is 2. The molecule has 4 nitrogen and oxygen atoms in total. The zero-order chi connectivity index (χ0) is 17.5. The lowest BCUT2D eigenvalue weighted by molar-refractivity contribution is -0.121. The third-order valence-electron chi connectivity index (χ3n) is 4.65. The van der Waals surface area contributed by atoms with Gasteiger partial charge >= 0.3 is 0 Å². The van der Waals surface area contributed by atoms with Crippen molar-refractivity contribution in [3.8, 4) is 0 Å². The van der Waals surface area contributed by atoms with E-state index in [4.69, 9.17) is 0 Å². The van der Waals surface area contributed by atoms with Crippen molar-refractivity contribution in [2.45, 2.75) is 50.5 Å². The number of rotatable bonds is 8. The minimum atomic E-state index is -1.56. The normalized spacial score (nSPS) is 27.3. The fourth-order valence-corrected chi connectivity index (χ4v) is 3.26. The molecule has 4 atom stereocenters. The Morgan fingerprint density at radius 1 is 1.29 bits per heavy atom. The first-order chi connectivity index (χ1) is 11.6. The van der Waals surface area contributed by atoms with Crippen molar-refractivity contribution in [1.82, 2.24) is 10.2 Å². The summed E-state index contributed by atoms with van der Waals surface area (Å²) < 4.78 is 27.7. The van der Waals surface area contributed by atoms with Gasteiger partial charge in [-0.2, -0.15) is 0 Å². The molecule has 1 fully saturated rings. The maximum atomic E-state index is 14.4. The molecule has 1 heterocycles. The predicted molar refractivity (Wildman–Crippen MR) is 89.2 cm³/mol.